The van der Waals surface area contributed by atoms with E-state index in [9.17, 15) is 37.5 Å². The molecule has 0 bridgehead atoms. The molecule has 51 heavy (non-hydrogen) atoms. The van der Waals surface area contributed by atoms with Crippen molar-refractivity contribution in [2.45, 2.75) is 78.6 Å². The van der Waals surface area contributed by atoms with Crippen LogP contribution in [0.15, 0.2) is 47.4 Å². The first-order valence-corrected chi connectivity index (χ1v) is 16.4. The summed E-state index contributed by atoms with van der Waals surface area (Å²) >= 11 is 0. The first-order valence-electron chi connectivity index (χ1n) is 16.4. The van der Waals surface area contributed by atoms with Gasteiger partial charge in [-0.1, -0.05) is 31.5 Å². The lowest BCUT2D eigenvalue weighted by molar-refractivity contribution is -0.354. The predicted octanol–water partition coefficient (Wildman–Crippen LogP) is 5.42. The van der Waals surface area contributed by atoms with Crippen LogP contribution in [0.5, 0.6) is 0 Å². The van der Waals surface area contributed by atoms with Gasteiger partial charge in [-0.25, -0.2) is 8.78 Å². The van der Waals surface area contributed by atoms with Crippen molar-refractivity contribution in [2.75, 3.05) is 19.6 Å². The summed E-state index contributed by atoms with van der Waals surface area (Å²) in [5.41, 5.74) is 2.04. The van der Waals surface area contributed by atoms with Gasteiger partial charge in [0.15, 0.2) is 11.6 Å². The van der Waals surface area contributed by atoms with Gasteiger partial charge in [0.2, 0.25) is 5.91 Å². The van der Waals surface area contributed by atoms with Crippen LogP contribution < -0.4 is 16.2 Å². The molecule has 0 radical (unpaired) electrons. The van der Waals surface area contributed by atoms with Crippen LogP contribution in [0.4, 0.5) is 22.0 Å². The third-order valence-electron chi connectivity index (χ3n) is 8.57. The number of carboxylic acids is 1. The molecule has 2 amide bonds. The van der Waals surface area contributed by atoms with Gasteiger partial charge in [0.25, 0.3) is 11.5 Å². The van der Waals surface area contributed by atoms with Crippen LogP contribution in [0.25, 0.3) is 11.1 Å². The fourth-order valence-electron chi connectivity index (χ4n) is 6.37. The minimum absolute atomic E-state index is 0.0232. The second-order valence-electron chi connectivity index (χ2n) is 13.3. The summed E-state index contributed by atoms with van der Waals surface area (Å²) in [7, 11) is 0. The van der Waals surface area contributed by atoms with Gasteiger partial charge in [0.1, 0.15) is 11.6 Å². The Morgan fingerprint density at radius 3 is 2.24 bits per heavy atom. The maximum Gasteiger partial charge on any atom is 0.522 e. The van der Waals surface area contributed by atoms with Crippen molar-refractivity contribution < 1.29 is 46.2 Å². The van der Waals surface area contributed by atoms with Crippen LogP contribution in [-0.2, 0) is 20.9 Å². The van der Waals surface area contributed by atoms with Crippen LogP contribution in [0.3, 0.4) is 0 Å². The van der Waals surface area contributed by atoms with E-state index in [1.165, 1.54) is 29.0 Å². The number of rotatable bonds is 14. The molecule has 0 spiro atoms. The van der Waals surface area contributed by atoms with Crippen LogP contribution in [0, 0.1) is 38.3 Å². The zero-order valence-corrected chi connectivity index (χ0v) is 28.9. The fourth-order valence-corrected chi connectivity index (χ4v) is 6.37. The number of nitrogens with one attached hydrogen (secondary N) is 2. The van der Waals surface area contributed by atoms with E-state index in [0.29, 0.717) is 11.1 Å². The Hall–Kier alpha value is -4.63. The molecule has 276 valence electrons. The van der Waals surface area contributed by atoms with Gasteiger partial charge in [-0.05, 0) is 79.6 Å². The van der Waals surface area contributed by atoms with Crippen molar-refractivity contribution in [3.05, 3.63) is 92.4 Å². The second-order valence-corrected chi connectivity index (χ2v) is 13.3. The molecule has 2 atom stereocenters. The molecule has 10 nitrogen and oxygen atoms in total. The highest BCUT2D eigenvalue weighted by molar-refractivity contribution is 5.97. The number of aryl methyl sites for hydroxylation is 3. The number of hydrogen-bond donors (Lipinski definition) is 3. The number of alkyl halides is 3. The second kappa shape index (κ2) is 16.1. The Morgan fingerprint density at radius 1 is 1.00 bits per heavy atom. The van der Waals surface area contributed by atoms with Crippen LogP contribution >= 0.6 is 0 Å². The van der Waals surface area contributed by atoms with Gasteiger partial charge >= 0.3 is 12.3 Å². The van der Waals surface area contributed by atoms with Crippen LogP contribution in [0.1, 0.15) is 65.3 Å². The van der Waals surface area contributed by atoms with Crippen molar-refractivity contribution in [1.29, 1.82) is 0 Å². The highest BCUT2D eigenvalue weighted by Gasteiger charge is 2.39. The van der Waals surface area contributed by atoms with E-state index in [-0.39, 0.29) is 49.6 Å². The number of carboxylic acid groups (broad SMARTS) is 1. The van der Waals surface area contributed by atoms with E-state index in [4.69, 9.17) is 0 Å². The number of carbonyl (C=O) groups is 3. The molecule has 2 aromatic carbocycles. The smallest absolute Gasteiger partial charge is 0.481 e. The van der Waals surface area contributed by atoms with Crippen molar-refractivity contribution in [1.82, 2.24) is 20.1 Å². The van der Waals surface area contributed by atoms with Gasteiger partial charge in [-0.3, -0.25) is 28.8 Å². The Labute approximate surface area is 291 Å². The molecule has 1 aromatic heterocycles. The number of carbonyl (C=O) groups excluding carboxylic acids is 2. The lowest BCUT2D eigenvalue weighted by Gasteiger charge is -2.38. The number of aliphatic carboxylic acids is 1. The number of ether oxygens (including phenoxy) is 1. The lowest BCUT2D eigenvalue weighted by atomic mass is 9.90. The summed E-state index contributed by atoms with van der Waals surface area (Å²) in [5.74, 6) is -5.92. The molecule has 4 rings (SSSR count). The highest BCUT2D eigenvalue weighted by Crippen LogP contribution is 2.34. The highest BCUT2D eigenvalue weighted by atomic mass is 19.4. The molecule has 1 aliphatic heterocycles. The quantitative estimate of drug-likeness (QED) is 0.190. The van der Waals surface area contributed by atoms with Gasteiger partial charge in [-0.2, -0.15) is 0 Å². The zero-order valence-electron chi connectivity index (χ0n) is 28.9. The number of amides is 2. The van der Waals surface area contributed by atoms with E-state index >= 15 is 8.78 Å². The molecular formula is C36H41F5N4O6. The van der Waals surface area contributed by atoms with Crippen LogP contribution in [-0.4, -0.2) is 70.5 Å². The number of pyridine rings is 1. The summed E-state index contributed by atoms with van der Waals surface area (Å²) < 4.78 is 72.9. The van der Waals surface area contributed by atoms with Gasteiger partial charge in [0, 0.05) is 37.9 Å². The normalized spacial score (nSPS) is 15.0. The van der Waals surface area contributed by atoms with Crippen molar-refractivity contribution >= 4 is 17.8 Å². The molecule has 1 fully saturated rings. The molecule has 0 aliphatic carbocycles. The van der Waals surface area contributed by atoms with Crippen molar-refractivity contribution in [2.24, 2.45) is 5.92 Å². The van der Waals surface area contributed by atoms with E-state index in [2.05, 4.69) is 15.4 Å². The summed E-state index contributed by atoms with van der Waals surface area (Å²) in [5, 5.41) is 14.7. The SMILES string of the molecule is Cc1cc(C)c(-c2cc(F)c(F)c([C@H](CC(=O)O)NC(=O)[C@H](CC(C)C)NC(=O)c3cccn(CCN4CC(OC(F)(F)F)C4)c3=O)c2)c(C)c1. The average molecular weight is 721 g/mol. The van der Waals surface area contributed by atoms with Crippen molar-refractivity contribution in [3.63, 3.8) is 0 Å². The van der Waals surface area contributed by atoms with E-state index in [1.54, 1.807) is 18.7 Å². The van der Waals surface area contributed by atoms with Gasteiger partial charge in [-0.15, -0.1) is 13.2 Å². The van der Waals surface area contributed by atoms with Crippen molar-refractivity contribution in [3.8, 4) is 11.1 Å². The number of benzene rings is 2. The van der Waals surface area contributed by atoms with Gasteiger partial charge < -0.3 is 20.3 Å². The molecule has 3 N–H and O–H groups in total. The Kier molecular flexibility index (Phi) is 12.4. The maximum atomic E-state index is 15.4. The molecular weight excluding hydrogens is 679 g/mol. The van der Waals surface area contributed by atoms with E-state index in [0.717, 1.165) is 22.8 Å². The van der Waals surface area contributed by atoms with E-state index in [1.807, 2.05) is 32.9 Å². The molecule has 0 unspecified atom stereocenters. The number of likely N-dealkylation sites (tertiary alicyclic amines) is 1. The molecule has 3 aromatic rings. The number of halogens is 5. The maximum absolute atomic E-state index is 15.4. The minimum atomic E-state index is -4.74. The third-order valence-corrected chi connectivity index (χ3v) is 8.57. The molecule has 15 heteroatoms. The predicted molar refractivity (Wildman–Crippen MR) is 178 cm³/mol. The topological polar surface area (TPSA) is 130 Å². The molecule has 0 saturated carbocycles. The number of hydrogen-bond acceptors (Lipinski definition) is 6. The Morgan fingerprint density at radius 2 is 1.65 bits per heavy atom. The third kappa shape index (κ3) is 10.2. The molecule has 1 aliphatic rings. The number of aromatic nitrogens is 1. The summed E-state index contributed by atoms with van der Waals surface area (Å²) in [6.07, 6.45) is -5.08. The monoisotopic (exact) mass is 720 g/mol. The van der Waals surface area contributed by atoms with Gasteiger partial charge in [0.05, 0.1) is 18.6 Å². The Balaban J connectivity index is 1.54. The number of nitrogens with zero attached hydrogens (tertiary/aromatic N) is 2. The largest absolute Gasteiger partial charge is 0.522 e. The fraction of sp³-hybridized carbons (Fsp3) is 0.444. The standard InChI is InChI=1S/C36H41F5N4O6/c1-19(2)11-29(43-33(48)25-7-6-8-45(35(25)50)10-9-44-17-24(18-44)51-36(39,40)41)34(49)42-28(16-30(46)47)26-14-23(15-27(37)32(26)38)31-21(4)12-20(3)13-22(31)5/h6-8,12-15,19,24,28-29H,9-11,16-18H2,1-5H3,(H,42,49)(H,43,48)(H,46,47)/t28-,29-/m0/s1. The first kappa shape index (κ1) is 39.2. The van der Waals surface area contributed by atoms with Crippen LogP contribution in [0.2, 0.25) is 0 Å². The average Bonchev–Trinajstić information content (AvgIpc) is 2.98. The Bertz CT molecular complexity index is 1810. The van der Waals surface area contributed by atoms with E-state index < -0.39 is 65.9 Å². The minimum Gasteiger partial charge on any atom is -0.481 e. The summed E-state index contributed by atoms with van der Waals surface area (Å²) in [6.45, 7) is 9.37. The first-order chi connectivity index (χ1) is 23.8. The lowest BCUT2D eigenvalue weighted by Crippen LogP contribution is -2.54. The zero-order chi connectivity index (χ0) is 37.8. The molecule has 2 heterocycles. The summed E-state index contributed by atoms with van der Waals surface area (Å²) in [4.78, 5) is 53.8. The molecule has 1 saturated heterocycles. The summed E-state index contributed by atoms with van der Waals surface area (Å²) in [6, 6.07) is 5.93.